The first-order valence-corrected chi connectivity index (χ1v) is 9.78. The molecular formula is C21H22O4S. The Balaban J connectivity index is 1.60. The number of rotatable bonds is 9. The molecule has 0 aliphatic rings. The highest BCUT2D eigenvalue weighted by Gasteiger charge is 2.15. The second-order valence-corrected chi connectivity index (χ2v) is 7.27. The molecule has 0 bridgehead atoms. The number of benzene rings is 2. The normalized spacial score (nSPS) is 11.0. The lowest BCUT2D eigenvalue weighted by Gasteiger charge is -2.04. The minimum atomic E-state index is -1.000. The zero-order valence-corrected chi connectivity index (χ0v) is 15.6. The number of thioether (sulfide) groups is 1. The van der Waals surface area contributed by atoms with Crippen molar-refractivity contribution in [3.63, 3.8) is 0 Å². The molecule has 3 aromatic rings. The third-order valence-corrected chi connectivity index (χ3v) is 5.20. The summed E-state index contributed by atoms with van der Waals surface area (Å²) < 4.78 is 11.2. The molecule has 4 nitrogen and oxygen atoms in total. The van der Waals surface area contributed by atoms with Crippen LogP contribution in [0.15, 0.2) is 52.9 Å². The molecule has 136 valence electrons. The van der Waals surface area contributed by atoms with Crippen molar-refractivity contribution < 1.29 is 19.1 Å². The summed E-state index contributed by atoms with van der Waals surface area (Å²) in [6, 6.07) is 16.1. The van der Waals surface area contributed by atoms with E-state index in [1.807, 2.05) is 36.9 Å². The highest BCUT2D eigenvalue weighted by Crippen LogP contribution is 2.33. The van der Waals surface area contributed by atoms with E-state index < -0.39 is 5.97 Å². The molecular weight excluding hydrogens is 348 g/mol. The number of carboxylic acid groups (broad SMARTS) is 1. The molecule has 1 aromatic heterocycles. The van der Waals surface area contributed by atoms with Crippen LogP contribution in [0.4, 0.5) is 0 Å². The van der Waals surface area contributed by atoms with Crippen molar-refractivity contribution in [1.82, 2.24) is 0 Å². The fourth-order valence-corrected chi connectivity index (χ4v) is 3.87. The molecule has 0 fully saturated rings. The third-order valence-electron chi connectivity index (χ3n) is 4.21. The second-order valence-electron chi connectivity index (χ2n) is 6.05. The summed E-state index contributed by atoms with van der Waals surface area (Å²) >= 11 is 1.93. The summed E-state index contributed by atoms with van der Waals surface area (Å²) in [5, 5.41) is 9.81. The molecule has 0 saturated carbocycles. The summed E-state index contributed by atoms with van der Waals surface area (Å²) in [5.74, 6) is 2.46. The first kappa shape index (κ1) is 18.4. The summed E-state index contributed by atoms with van der Waals surface area (Å²) in [7, 11) is 0. The Hall–Kier alpha value is -2.40. The number of carboxylic acids is 1. The van der Waals surface area contributed by atoms with Crippen molar-refractivity contribution in [2.24, 2.45) is 0 Å². The predicted molar refractivity (Wildman–Crippen MR) is 105 cm³/mol. The van der Waals surface area contributed by atoms with E-state index in [4.69, 9.17) is 14.3 Å². The molecule has 0 atom stereocenters. The molecule has 0 unspecified atom stereocenters. The van der Waals surface area contributed by atoms with Crippen molar-refractivity contribution in [2.75, 3.05) is 18.1 Å². The summed E-state index contributed by atoms with van der Waals surface area (Å²) in [5.41, 5.74) is 3.17. The molecule has 3 rings (SSSR count). The van der Waals surface area contributed by atoms with Crippen LogP contribution in [-0.2, 0) is 17.6 Å². The maximum atomic E-state index is 10.7. The van der Waals surface area contributed by atoms with Crippen molar-refractivity contribution in [1.29, 1.82) is 0 Å². The van der Waals surface area contributed by atoms with E-state index in [2.05, 4.69) is 24.3 Å². The number of aryl methyl sites for hydroxylation is 3. The zero-order chi connectivity index (χ0) is 18.4. The van der Waals surface area contributed by atoms with Crippen LogP contribution in [0.2, 0.25) is 0 Å². The molecule has 0 aliphatic carbocycles. The van der Waals surface area contributed by atoms with E-state index in [9.17, 15) is 4.79 Å². The van der Waals surface area contributed by atoms with Crippen LogP contribution in [0.5, 0.6) is 5.75 Å². The summed E-state index contributed by atoms with van der Waals surface area (Å²) in [6.45, 7) is 1.58. The van der Waals surface area contributed by atoms with E-state index >= 15 is 0 Å². The Morgan fingerprint density at radius 3 is 2.62 bits per heavy atom. The Morgan fingerprint density at radius 2 is 1.85 bits per heavy atom. The minimum Gasteiger partial charge on any atom is -0.479 e. The number of aliphatic carboxylic acids is 1. The first-order valence-electron chi connectivity index (χ1n) is 8.62. The van der Waals surface area contributed by atoms with E-state index in [1.165, 1.54) is 11.1 Å². The SMILES string of the molecule is Cc1oc2c(OCC(=O)O)cccc2c1CCSCCc1ccccc1. The standard InChI is InChI=1S/C21H22O4S/c1-15-17(11-13-26-12-10-16-6-3-2-4-7-16)18-8-5-9-19(21(18)25-15)24-14-20(22)23/h2-9H,10-14H2,1H3,(H,22,23). The monoisotopic (exact) mass is 370 g/mol. The topological polar surface area (TPSA) is 59.7 Å². The van der Waals surface area contributed by atoms with Gasteiger partial charge < -0.3 is 14.3 Å². The minimum absolute atomic E-state index is 0.371. The average Bonchev–Trinajstić information content (AvgIpc) is 2.96. The number of ether oxygens (including phenoxy) is 1. The second kappa shape index (κ2) is 8.81. The predicted octanol–water partition coefficient (Wildman–Crippen LogP) is 4.72. The van der Waals surface area contributed by atoms with Gasteiger partial charge in [-0.3, -0.25) is 0 Å². The molecule has 0 spiro atoms. The molecule has 1 N–H and O–H groups in total. The molecule has 0 radical (unpaired) electrons. The van der Waals surface area contributed by atoms with Crippen LogP contribution >= 0.6 is 11.8 Å². The zero-order valence-electron chi connectivity index (χ0n) is 14.7. The number of fused-ring (bicyclic) bond motifs is 1. The maximum Gasteiger partial charge on any atom is 0.341 e. The molecule has 2 aromatic carbocycles. The van der Waals surface area contributed by atoms with Gasteiger partial charge in [-0.2, -0.15) is 11.8 Å². The van der Waals surface area contributed by atoms with Gasteiger partial charge in [-0.25, -0.2) is 4.79 Å². The number of hydrogen-bond acceptors (Lipinski definition) is 4. The van der Waals surface area contributed by atoms with E-state index in [1.54, 1.807) is 6.07 Å². The van der Waals surface area contributed by atoms with Gasteiger partial charge in [0, 0.05) is 10.9 Å². The third kappa shape index (κ3) is 4.61. The Kier molecular flexibility index (Phi) is 6.23. The van der Waals surface area contributed by atoms with Gasteiger partial charge in [0.25, 0.3) is 0 Å². The maximum absolute atomic E-state index is 10.7. The fraction of sp³-hybridized carbons (Fsp3) is 0.286. The van der Waals surface area contributed by atoms with Gasteiger partial charge in [0.05, 0.1) is 0 Å². The van der Waals surface area contributed by atoms with Crippen LogP contribution in [-0.4, -0.2) is 29.2 Å². The van der Waals surface area contributed by atoms with Crippen molar-refractivity contribution >= 4 is 28.7 Å². The van der Waals surface area contributed by atoms with Gasteiger partial charge in [-0.15, -0.1) is 0 Å². The molecule has 0 amide bonds. The molecule has 1 heterocycles. The smallest absolute Gasteiger partial charge is 0.341 e. The first-order chi connectivity index (χ1) is 12.6. The summed E-state index contributed by atoms with van der Waals surface area (Å²) in [6.07, 6.45) is 1.99. The van der Waals surface area contributed by atoms with E-state index in [0.717, 1.165) is 35.5 Å². The lowest BCUT2D eigenvalue weighted by atomic mass is 10.1. The Labute approximate surface area is 157 Å². The largest absolute Gasteiger partial charge is 0.479 e. The number of furan rings is 1. The summed E-state index contributed by atoms with van der Waals surface area (Å²) in [4.78, 5) is 10.7. The molecule has 5 heteroatoms. The van der Waals surface area contributed by atoms with Gasteiger partial charge in [-0.05, 0) is 42.9 Å². The van der Waals surface area contributed by atoms with Crippen molar-refractivity contribution in [3.8, 4) is 5.75 Å². The Morgan fingerprint density at radius 1 is 1.08 bits per heavy atom. The fourth-order valence-electron chi connectivity index (χ4n) is 2.94. The molecule has 0 saturated heterocycles. The van der Waals surface area contributed by atoms with Gasteiger partial charge >= 0.3 is 5.97 Å². The lowest BCUT2D eigenvalue weighted by molar-refractivity contribution is -0.139. The number of para-hydroxylation sites is 1. The number of hydrogen-bond donors (Lipinski definition) is 1. The quantitative estimate of drug-likeness (QED) is 0.552. The van der Waals surface area contributed by atoms with Crippen LogP contribution < -0.4 is 4.74 Å². The lowest BCUT2D eigenvalue weighted by Crippen LogP contribution is -2.09. The van der Waals surface area contributed by atoms with Gasteiger partial charge in [0.1, 0.15) is 5.76 Å². The van der Waals surface area contributed by atoms with E-state index in [-0.39, 0.29) is 6.61 Å². The molecule has 0 aliphatic heterocycles. The van der Waals surface area contributed by atoms with Crippen LogP contribution in [0.3, 0.4) is 0 Å². The highest BCUT2D eigenvalue weighted by atomic mass is 32.2. The highest BCUT2D eigenvalue weighted by molar-refractivity contribution is 7.99. The van der Waals surface area contributed by atoms with Gasteiger partial charge in [0.15, 0.2) is 17.9 Å². The molecule has 26 heavy (non-hydrogen) atoms. The number of carbonyl (C=O) groups is 1. The van der Waals surface area contributed by atoms with Gasteiger partial charge in [-0.1, -0.05) is 42.5 Å². The van der Waals surface area contributed by atoms with Crippen molar-refractivity contribution in [2.45, 2.75) is 19.8 Å². The van der Waals surface area contributed by atoms with E-state index in [0.29, 0.717) is 11.3 Å². The Bertz CT molecular complexity index is 870. The van der Waals surface area contributed by atoms with Crippen LogP contribution in [0.25, 0.3) is 11.0 Å². The van der Waals surface area contributed by atoms with Crippen LogP contribution in [0, 0.1) is 6.92 Å². The average molecular weight is 370 g/mol. The van der Waals surface area contributed by atoms with Crippen LogP contribution in [0.1, 0.15) is 16.9 Å². The van der Waals surface area contributed by atoms with Gasteiger partial charge in [0.2, 0.25) is 0 Å². The van der Waals surface area contributed by atoms with Crippen molar-refractivity contribution in [3.05, 3.63) is 65.4 Å².